The zero-order valence-corrected chi connectivity index (χ0v) is 11.1. The molecule has 1 aromatic heterocycles. The number of thioether (sulfide) groups is 1. The number of aromatic nitrogens is 2. The second-order valence-corrected chi connectivity index (χ2v) is 6.27. The van der Waals surface area contributed by atoms with Gasteiger partial charge < -0.3 is 9.84 Å². The second-order valence-electron chi connectivity index (χ2n) is 5.16. The maximum absolute atomic E-state index is 10.4. The number of aliphatic hydroxyl groups excluding tert-OH is 1. The molecular weight excluding hydrogens is 248 g/mol. The van der Waals surface area contributed by atoms with Crippen LogP contribution in [0.3, 0.4) is 0 Å². The largest absolute Gasteiger partial charge is 0.386 e. The van der Waals surface area contributed by atoms with E-state index in [4.69, 9.17) is 4.74 Å². The average molecular weight is 266 g/mol. The molecule has 3 rings (SSSR count). The van der Waals surface area contributed by atoms with Crippen LogP contribution in [0.1, 0.15) is 31.1 Å². The molecule has 0 bridgehead atoms. The van der Waals surface area contributed by atoms with E-state index in [1.165, 1.54) is 5.75 Å². The lowest BCUT2D eigenvalue weighted by atomic mass is 9.81. The Hall–Kier alpha value is -0.650. The van der Waals surface area contributed by atoms with Gasteiger partial charge >= 0.3 is 0 Å². The SMILES string of the molecule is OC(c1cnccn1)C1CCOC2(CCSC2)C1. The normalized spacial score (nSPS) is 33.7. The summed E-state index contributed by atoms with van der Waals surface area (Å²) in [5.41, 5.74) is 0.696. The summed E-state index contributed by atoms with van der Waals surface area (Å²) >= 11 is 1.95. The number of ether oxygens (including phenoxy) is 1. The topological polar surface area (TPSA) is 55.2 Å². The predicted octanol–water partition coefficient (Wildman–Crippen LogP) is 1.81. The van der Waals surface area contributed by atoms with Gasteiger partial charge in [-0.15, -0.1) is 0 Å². The molecule has 3 atom stereocenters. The van der Waals surface area contributed by atoms with Gasteiger partial charge in [-0.25, -0.2) is 0 Å². The van der Waals surface area contributed by atoms with Crippen molar-refractivity contribution in [1.82, 2.24) is 9.97 Å². The van der Waals surface area contributed by atoms with Gasteiger partial charge in [-0.1, -0.05) is 0 Å². The Kier molecular flexibility index (Phi) is 3.54. The van der Waals surface area contributed by atoms with Crippen molar-refractivity contribution in [1.29, 1.82) is 0 Å². The fourth-order valence-corrected chi connectivity index (χ4v) is 4.28. The van der Waals surface area contributed by atoms with Crippen LogP contribution in [0, 0.1) is 5.92 Å². The Morgan fingerprint density at radius 2 is 2.44 bits per heavy atom. The highest BCUT2D eigenvalue weighted by Gasteiger charge is 2.42. The minimum absolute atomic E-state index is 0.0107. The van der Waals surface area contributed by atoms with Gasteiger partial charge in [0.15, 0.2) is 0 Å². The summed E-state index contributed by atoms with van der Waals surface area (Å²) in [6.07, 6.45) is 7.39. The molecule has 0 aliphatic carbocycles. The van der Waals surface area contributed by atoms with Gasteiger partial charge in [0.05, 0.1) is 17.5 Å². The molecule has 3 unspecified atom stereocenters. The first-order valence-electron chi connectivity index (χ1n) is 6.45. The smallest absolute Gasteiger partial charge is 0.100 e. The molecule has 2 aliphatic rings. The molecule has 2 aliphatic heterocycles. The maximum atomic E-state index is 10.4. The molecule has 3 heterocycles. The van der Waals surface area contributed by atoms with E-state index in [0.29, 0.717) is 5.69 Å². The summed E-state index contributed by atoms with van der Waals surface area (Å²) < 4.78 is 5.97. The number of hydrogen-bond acceptors (Lipinski definition) is 5. The van der Waals surface area contributed by atoms with E-state index in [0.717, 1.165) is 31.6 Å². The van der Waals surface area contributed by atoms with Gasteiger partial charge in [0, 0.05) is 24.8 Å². The highest BCUT2D eigenvalue weighted by atomic mass is 32.2. The van der Waals surface area contributed by atoms with Crippen LogP contribution in [-0.4, -0.2) is 38.8 Å². The van der Waals surface area contributed by atoms with Crippen LogP contribution in [-0.2, 0) is 4.74 Å². The first-order valence-corrected chi connectivity index (χ1v) is 7.60. The number of nitrogens with zero attached hydrogens (tertiary/aromatic N) is 2. The van der Waals surface area contributed by atoms with Crippen LogP contribution in [0.25, 0.3) is 0 Å². The standard InChI is InChI=1S/C13H18N2O2S/c16-12(11-8-14-3-4-15-11)10-1-5-17-13(7-10)2-6-18-9-13/h3-4,8,10,12,16H,1-2,5-7,9H2. The van der Waals surface area contributed by atoms with Crippen LogP contribution >= 0.6 is 11.8 Å². The first kappa shape index (κ1) is 12.4. The van der Waals surface area contributed by atoms with Gasteiger partial charge in [0.25, 0.3) is 0 Å². The van der Waals surface area contributed by atoms with E-state index in [2.05, 4.69) is 9.97 Å². The lowest BCUT2D eigenvalue weighted by Crippen LogP contribution is -2.41. The van der Waals surface area contributed by atoms with Crippen molar-refractivity contribution in [3.8, 4) is 0 Å². The van der Waals surface area contributed by atoms with E-state index in [9.17, 15) is 5.11 Å². The maximum Gasteiger partial charge on any atom is 0.100 e. The number of hydrogen-bond donors (Lipinski definition) is 1. The average Bonchev–Trinajstić information content (AvgIpc) is 2.87. The molecule has 1 aromatic rings. The van der Waals surface area contributed by atoms with Crippen LogP contribution in [0.5, 0.6) is 0 Å². The van der Waals surface area contributed by atoms with Crippen molar-refractivity contribution in [2.75, 3.05) is 18.1 Å². The molecule has 2 fully saturated rings. The highest BCUT2D eigenvalue weighted by molar-refractivity contribution is 7.99. The second kappa shape index (κ2) is 5.15. The lowest BCUT2D eigenvalue weighted by Gasteiger charge is -2.39. The van der Waals surface area contributed by atoms with Crippen molar-refractivity contribution < 1.29 is 9.84 Å². The van der Waals surface area contributed by atoms with Crippen LogP contribution in [0.4, 0.5) is 0 Å². The summed E-state index contributed by atoms with van der Waals surface area (Å²) in [6.45, 7) is 0.753. The third-order valence-electron chi connectivity index (χ3n) is 3.93. The summed E-state index contributed by atoms with van der Waals surface area (Å²) in [6, 6.07) is 0. The number of aliphatic hydroxyl groups is 1. The Bertz CT molecular complexity index is 395. The Balaban J connectivity index is 1.72. The fourth-order valence-electron chi connectivity index (χ4n) is 2.90. The minimum atomic E-state index is -0.509. The van der Waals surface area contributed by atoms with Crippen molar-refractivity contribution in [2.45, 2.75) is 31.0 Å². The quantitative estimate of drug-likeness (QED) is 0.885. The fraction of sp³-hybridized carbons (Fsp3) is 0.692. The molecule has 5 heteroatoms. The molecule has 1 spiro atoms. The molecule has 0 amide bonds. The molecule has 0 saturated carbocycles. The van der Waals surface area contributed by atoms with E-state index in [-0.39, 0.29) is 11.5 Å². The van der Waals surface area contributed by atoms with Crippen LogP contribution < -0.4 is 0 Å². The highest BCUT2D eigenvalue weighted by Crippen LogP contribution is 2.43. The van der Waals surface area contributed by atoms with Gasteiger partial charge in [-0.2, -0.15) is 11.8 Å². The Morgan fingerprint density at radius 1 is 1.50 bits per heavy atom. The molecule has 0 aromatic carbocycles. The minimum Gasteiger partial charge on any atom is -0.386 e. The van der Waals surface area contributed by atoms with Crippen molar-refractivity contribution in [2.24, 2.45) is 5.92 Å². The van der Waals surface area contributed by atoms with E-state index in [1.54, 1.807) is 18.6 Å². The number of rotatable bonds is 2. The van der Waals surface area contributed by atoms with E-state index < -0.39 is 6.10 Å². The molecule has 2 saturated heterocycles. The molecule has 1 N–H and O–H groups in total. The van der Waals surface area contributed by atoms with Crippen LogP contribution in [0.2, 0.25) is 0 Å². The third-order valence-corrected chi connectivity index (χ3v) is 5.15. The van der Waals surface area contributed by atoms with E-state index in [1.807, 2.05) is 11.8 Å². The van der Waals surface area contributed by atoms with Gasteiger partial charge in [0.2, 0.25) is 0 Å². The summed E-state index contributed by atoms with van der Waals surface area (Å²) in [7, 11) is 0. The lowest BCUT2D eigenvalue weighted by molar-refractivity contribution is -0.102. The van der Waals surface area contributed by atoms with Gasteiger partial charge in [0.1, 0.15) is 6.10 Å². The molecule has 4 nitrogen and oxygen atoms in total. The third kappa shape index (κ3) is 2.39. The van der Waals surface area contributed by atoms with Gasteiger partial charge in [-0.3, -0.25) is 9.97 Å². The summed E-state index contributed by atoms with van der Waals surface area (Å²) in [5.74, 6) is 2.49. The molecule has 18 heavy (non-hydrogen) atoms. The zero-order chi connectivity index (χ0) is 12.4. The summed E-state index contributed by atoms with van der Waals surface area (Å²) in [4.78, 5) is 8.24. The molecule has 98 valence electrons. The first-order chi connectivity index (χ1) is 8.79. The van der Waals surface area contributed by atoms with Crippen LogP contribution in [0.15, 0.2) is 18.6 Å². The monoisotopic (exact) mass is 266 g/mol. The summed E-state index contributed by atoms with van der Waals surface area (Å²) in [5, 5.41) is 10.4. The van der Waals surface area contributed by atoms with Crippen molar-refractivity contribution in [3.63, 3.8) is 0 Å². The molecule has 0 radical (unpaired) electrons. The van der Waals surface area contributed by atoms with Gasteiger partial charge in [-0.05, 0) is 30.9 Å². The Morgan fingerprint density at radius 3 is 3.17 bits per heavy atom. The Labute approximate surface area is 111 Å². The predicted molar refractivity (Wildman–Crippen MR) is 70.3 cm³/mol. The van der Waals surface area contributed by atoms with E-state index >= 15 is 0 Å². The zero-order valence-electron chi connectivity index (χ0n) is 10.3. The molecular formula is C13H18N2O2S. The van der Waals surface area contributed by atoms with Crippen molar-refractivity contribution >= 4 is 11.8 Å². The van der Waals surface area contributed by atoms with Crippen molar-refractivity contribution in [3.05, 3.63) is 24.3 Å².